The van der Waals surface area contributed by atoms with Crippen molar-refractivity contribution in [2.24, 2.45) is 4.40 Å². The number of rotatable bonds is 3. The monoisotopic (exact) mass is 375 g/mol. The number of fused-ring (bicyclic) bond motifs is 1. The summed E-state index contributed by atoms with van der Waals surface area (Å²) in [7, 11) is -3.74. The van der Waals surface area contributed by atoms with Gasteiger partial charge in [-0.1, -0.05) is 41.6 Å². The van der Waals surface area contributed by atoms with Crippen LogP contribution in [0.15, 0.2) is 51.8 Å². The number of amidine groups is 1. The summed E-state index contributed by atoms with van der Waals surface area (Å²) in [6.07, 6.45) is 0. The minimum Gasteiger partial charge on any atom is -0.333 e. The molecule has 0 aliphatic carbocycles. The summed E-state index contributed by atoms with van der Waals surface area (Å²) in [6, 6.07) is 12.3. The molecule has 6 nitrogen and oxygen atoms in total. The molecule has 2 aromatic rings. The van der Waals surface area contributed by atoms with Gasteiger partial charge < -0.3 is 10.6 Å². The Morgan fingerprint density at radius 2 is 1.96 bits per heavy atom. The second-order valence-corrected chi connectivity index (χ2v) is 8.18. The molecule has 0 radical (unpaired) electrons. The van der Waals surface area contributed by atoms with E-state index in [0.717, 1.165) is 28.6 Å². The summed E-state index contributed by atoms with van der Waals surface area (Å²) in [4.78, 5) is 12.3. The molecular formula is C17H17N3O3S2. The van der Waals surface area contributed by atoms with E-state index in [-0.39, 0.29) is 21.7 Å². The normalized spacial score (nSPS) is 14.9. The Balaban J connectivity index is 1.66. The van der Waals surface area contributed by atoms with E-state index in [1.807, 2.05) is 32.0 Å². The molecule has 1 aliphatic rings. The lowest BCUT2D eigenvalue weighted by atomic mass is 10.1. The minimum atomic E-state index is -3.74. The number of nitrogens with one attached hydrogen (secondary N) is 2. The molecular weight excluding hydrogens is 358 g/mol. The van der Waals surface area contributed by atoms with Gasteiger partial charge in [0.25, 0.3) is 10.0 Å². The molecule has 0 spiro atoms. The fraction of sp³-hybridized carbons (Fsp3) is 0.176. The molecule has 1 amide bonds. The van der Waals surface area contributed by atoms with E-state index in [1.165, 1.54) is 6.07 Å². The lowest BCUT2D eigenvalue weighted by Crippen LogP contribution is -2.22. The number of aryl methyl sites for hydroxylation is 2. The molecule has 0 aromatic heterocycles. The van der Waals surface area contributed by atoms with E-state index < -0.39 is 10.0 Å². The van der Waals surface area contributed by atoms with Crippen LogP contribution < -0.4 is 10.6 Å². The molecule has 0 atom stereocenters. The average Bonchev–Trinajstić information content (AvgIpc) is 2.55. The predicted octanol–water partition coefficient (Wildman–Crippen LogP) is 3.15. The van der Waals surface area contributed by atoms with Crippen molar-refractivity contribution in [2.45, 2.75) is 18.7 Å². The van der Waals surface area contributed by atoms with Crippen molar-refractivity contribution >= 4 is 44.2 Å². The largest absolute Gasteiger partial charge is 0.333 e. The first-order chi connectivity index (χ1) is 11.8. The van der Waals surface area contributed by atoms with Gasteiger partial charge in [-0.15, -0.1) is 4.40 Å². The molecule has 130 valence electrons. The Morgan fingerprint density at radius 3 is 2.72 bits per heavy atom. The number of carbonyl (C=O) groups excluding carboxylic acids is 1. The molecule has 1 heterocycles. The standard InChI is InChI=1S/C17H17N3O3S2/c1-11-7-8-13(12(2)9-11)18-16(21)10-24-17-19-14-5-3-4-6-15(14)25(22,23)20-17/h3-9H,10H2,1-2H3,(H,18,21)(H,19,20). The smallest absolute Gasteiger partial charge is 0.286 e. The molecule has 2 N–H and O–H groups in total. The maximum Gasteiger partial charge on any atom is 0.286 e. The fourth-order valence-electron chi connectivity index (χ4n) is 2.43. The predicted molar refractivity (Wildman–Crippen MR) is 102 cm³/mol. The zero-order chi connectivity index (χ0) is 18.0. The molecule has 2 aromatic carbocycles. The van der Waals surface area contributed by atoms with Crippen LogP contribution in [0.2, 0.25) is 0 Å². The van der Waals surface area contributed by atoms with Gasteiger partial charge in [-0.2, -0.15) is 8.42 Å². The maximum atomic E-state index is 12.2. The molecule has 0 saturated carbocycles. The molecule has 0 fully saturated rings. The van der Waals surface area contributed by atoms with Crippen LogP contribution in [0.4, 0.5) is 11.4 Å². The van der Waals surface area contributed by atoms with Crippen LogP contribution in [-0.2, 0) is 14.8 Å². The highest BCUT2D eigenvalue weighted by atomic mass is 32.2. The molecule has 0 bridgehead atoms. The van der Waals surface area contributed by atoms with Crippen molar-refractivity contribution in [1.82, 2.24) is 0 Å². The van der Waals surface area contributed by atoms with Crippen molar-refractivity contribution < 1.29 is 13.2 Å². The van der Waals surface area contributed by atoms with Crippen LogP contribution in [0.3, 0.4) is 0 Å². The van der Waals surface area contributed by atoms with Gasteiger partial charge in [0.15, 0.2) is 5.17 Å². The van der Waals surface area contributed by atoms with Gasteiger partial charge >= 0.3 is 0 Å². The van der Waals surface area contributed by atoms with Crippen LogP contribution in [0.25, 0.3) is 0 Å². The van der Waals surface area contributed by atoms with Gasteiger partial charge in [-0.05, 0) is 37.6 Å². The number of carbonyl (C=O) groups is 1. The van der Waals surface area contributed by atoms with Crippen molar-refractivity contribution in [3.05, 3.63) is 53.6 Å². The first-order valence-electron chi connectivity index (χ1n) is 7.56. The summed E-state index contributed by atoms with van der Waals surface area (Å²) in [5.74, 6) is -0.172. The number of thioether (sulfide) groups is 1. The van der Waals surface area contributed by atoms with Gasteiger partial charge in [-0.3, -0.25) is 4.79 Å². The van der Waals surface area contributed by atoms with Crippen LogP contribution >= 0.6 is 11.8 Å². The second kappa shape index (κ2) is 6.89. The van der Waals surface area contributed by atoms with Gasteiger partial charge in [0.1, 0.15) is 4.90 Å². The molecule has 8 heteroatoms. The third kappa shape index (κ3) is 4.02. The summed E-state index contributed by atoms with van der Waals surface area (Å²) in [6.45, 7) is 3.91. The Kier molecular flexibility index (Phi) is 4.82. The topological polar surface area (TPSA) is 87.6 Å². The van der Waals surface area contributed by atoms with E-state index in [0.29, 0.717) is 5.69 Å². The van der Waals surface area contributed by atoms with Crippen molar-refractivity contribution in [2.75, 3.05) is 16.4 Å². The number of hydrogen-bond acceptors (Lipinski definition) is 5. The van der Waals surface area contributed by atoms with Crippen molar-refractivity contribution in [1.29, 1.82) is 0 Å². The highest BCUT2D eigenvalue weighted by Crippen LogP contribution is 2.29. The third-order valence-electron chi connectivity index (χ3n) is 3.61. The van der Waals surface area contributed by atoms with Crippen molar-refractivity contribution in [3.8, 4) is 0 Å². The minimum absolute atomic E-state index is 0.0524. The van der Waals surface area contributed by atoms with Gasteiger partial charge in [-0.25, -0.2) is 0 Å². The summed E-state index contributed by atoms with van der Waals surface area (Å²) < 4.78 is 28.0. The first-order valence-corrected chi connectivity index (χ1v) is 9.99. The Morgan fingerprint density at radius 1 is 1.20 bits per heavy atom. The SMILES string of the molecule is Cc1ccc(NC(=O)CSC2=NS(=O)(=O)c3ccccc3N2)c(C)c1. The number of anilines is 2. The fourth-order valence-corrected chi connectivity index (χ4v) is 4.46. The first kappa shape index (κ1) is 17.5. The van der Waals surface area contributed by atoms with Gasteiger partial charge in [0, 0.05) is 5.69 Å². The quantitative estimate of drug-likeness (QED) is 0.860. The number of sulfonamides is 1. The highest BCUT2D eigenvalue weighted by Gasteiger charge is 2.24. The average molecular weight is 375 g/mol. The van der Waals surface area contributed by atoms with Crippen LogP contribution in [0.5, 0.6) is 0 Å². The lowest BCUT2D eigenvalue weighted by Gasteiger charge is -2.17. The molecule has 25 heavy (non-hydrogen) atoms. The number of amides is 1. The highest BCUT2D eigenvalue weighted by molar-refractivity contribution is 8.15. The second-order valence-electron chi connectivity index (χ2n) is 5.65. The number of para-hydroxylation sites is 1. The van der Waals surface area contributed by atoms with Crippen molar-refractivity contribution in [3.63, 3.8) is 0 Å². The van der Waals surface area contributed by atoms with Gasteiger partial charge in [0.2, 0.25) is 5.91 Å². The van der Waals surface area contributed by atoms with E-state index in [4.69, 9.17) is 0 Å². The maximum absolute atomic E-state index is 12.2. The molecule has 1 aliphatic heterocycles. The Labute approximate surface area is 150 Å². The molecule has 0 unspecified atom stereocenters. The number of hydrogen-bond donors (Lipinski definition) is 2. The number of benzene rings is 2. The zero-order valence-electron chi connectivity index (χ0n) is 13.7. The van der Waals surface area contributed by atoms with Crippen LogP contribution in [-0.4, -0.2) is 25.2 Å². The summed E-state index contributed by atoms with van der Waals surface area (Å²) in [5.41, 5.74) is 3.31. The van der Waals surface area contributed by atoms with E-state index >= 15 is 0 Å². The van der Waals surface area contributed by atoms with Gasteiger partial charge in [0.05, 0.1) is 11.4 Å². The molecule has 3 rings (SSSR count). The van der Waals surface area contributed by atoms with E-state index in [2.05, 4.69) is 15.0 Å². The third-order valence-corrected chi connectivity index (χ3v) is 5.93. The molecule has 0 saturated heterocycles. The van der Waals surface area contributed by atoms with Crippen LogP contribution in [0, 0.1) is 13.8 Å². The van der Waals surface area contributed by atoms with Crippen LogP contribution in [0.1, 0.15) is 11.1 Å². The van der Waals surface area contributed by atoms with E-state index in [1.54, 1.807) is 18.2 Å². The Bertz CT molecular complexity index is 969. The summed E-state index contributed by atoms with van der Waals surface area (Å²) >= 11 is 1.05. The Hall–Kier alpha value is -2.32. The number of nitrogens with zero attached hydrogens (tertiary/aromatic N) is 1. The zero-order valence-corrected chi connectivity index (χ0v) is 15.4. The van der Waals surface area contributed by atoms with E-state index in [9.17, 15) is 13.2 Å². The summed E-state index contributed by atoms with van der Waals surface area (Å²) in [5, 5.41) is 5.96. The lowest BCUT2D eigenvalue weighted by molar-refractivity contribution is -0.113.